The number of nitrogens with one attached hydrogen (secondary N) is 2. The van der Waals surface area contributed by atoms with Gasteiger partial charge in [0.1, 0.15) is 5.75 Å². The van der Waals surface area contributed by atoms with Crippen molar-refractivity contribution in [1.29, 1.82) is 0 Å². The van der Waals surface area contributed by atoms with Crippen molar-refractivity contribution < 1.29 is 14.3 Å². The lowest BCUT2D eigenvalue weighted by molar-refractivity contribution is -0.117. The number of amides is 2. The average molecular weight is 402 g/mol. The Hall–Kier alpha value is -3.60. The molecule has 5 heteroatoms. The molecule has 0 aromatic heterocycles. The van der Waals surface area contributed by atoms with Crippen LogP contribution >= 0.6 is 0 Å². The van der Waals surface area contributed by atoms with E-state index in [9.17, 15) is 9.59 Å². The minimum atomic E-state index is -0.304. The summed E-state index contributed by atoms with van der Waals surface area (Å²) >= 11 is 0. The van der Waals surface area contributed by atoms with E-state index in [-0.39, 0.29) is 17.7 Å². The van der Waals surface area contributed by atoms with E-state index in [1.54, 1.807) is 18.2 Å². The normalized spacial score (nSPS) is 11.4. The first-order chi connectivity index (χ1) is 14.5. The largest absolute Gasteiger partial charge is 0.492 e. The molecule has 0 saturated carbocycles. The zero-order valence-electron chi connectivity index (χ0n) is 17.4. The molecular formula is C25H26N2O3. The highest BCUT2D eigenvalue weighted by atomic mass is 16.5. The number of rotatable bonds is 7. The zero-order valence-corrected chi connectivity index (χ0v) is 17.4. The van der Waals surface area contributed by atoms with Gasteiger partial charge in [0, 0.05) is 11.3 Å². The van der Waals surface area contributed by atoms with Crippen molar-refractivity contribution in [3.8, 4) is 5.75 Å². The minimum Gasteiger partial charge on any atom is -0.492 e. The van der Waals surface area contributed by atoms with Gasteiger partial charge in [0.25, 0.3) is 5.91 Å². The van der Waals surface area contributed by atoms with Crippen LogP contribution in [0.2, 0.25) is 0 Å². The first-order valence-corrected chi connectivity index (χ1v) is 9.99. The van der Waals surface area contributed by atoms with Crippen LogP contribution in [0.15, 0.2) is 72.8 Å². The van der Waals surface area contributed by atoms with E-state index < -0.39 is 0 Å². The van der Waals surface area contributed by atoms with Gasteiger partial charge in [-0.15, -0.1) is 0 Å². The van der Waals surface area contributed by atoms with Gasteiger partial charge in [-0.05, 0) is 56.2 Å². The summed E-state index contributed by atoms with van der Waals surface area (Å²) in [5.41, 5.74) is 3.50. The first kappa shape index (κ1) is 21.1. The lowest BCUT2D eigenvalue weighted by atomic mass is 10.00. The number of hydrogen-bond acceptors (Lipinski definition) is 3. The van der Waals surface area contributed by atoms with Crippen LogP contribution in [0, 0.1) is 6.92 Å². The second-order valence-electron chi connectivity index (χ2n) is 7.03. The molecule has 0 spiro atoms. The third kappa shape index (κ3) is 5.06. The van der Waals surface area contributed by atoms with Gasteiger partial charge in [-0.3, -0.25) is 9.59 Å². The van der Waals surface area contributed by atoms with E-state index in [2.05, 4.69) is 10.6 Å². The Kier molecular flexibility index (Phi) is 6.86. The van der Waals surface area contributed by atoms with Gasteiger partial charge in [0.2, 0.25) is 5.91 Å². The lowest BCUT2D eigenvalue weighted by Gasteiger charge is -2.15. The summed E-state index contributed by atoms with van der Waals surface area (Å²) in [5.74, 6) is -0.0795. The van der Waals surface area contributed by atoms with Crippen LogP contribution in [0.3, 0.4) is 0 Å². The Morgan fingerprint density at radius 2 is 1.60 bits per heavy atom. The molecule has 30 heavy (non-hydrogen) atoms. The molecule has 0 radical (unpaired) electrons. The Labute approximate surface area is 177 Å². The Bertz CT molecular complexity index is 1030. The summed E-state index contributed by atoms with van der Waals surface area (Å²) in [4.78, 5) is 25.5. The molecular weight excluding hydrogens is 376 g/mol. The summed E-state index contributed by atoms with van der Waals surface area (Å²) < 4.78 is 5.57. The third-order valence-electron chi connectivity index (χ3n) is 4.89. The van der Waals surface area contributed by atoms with Crippen molar-refractivity contribution in [2.75, 3.05) is 17.2 Å². The predicted molar refractivity (Wildman–Crippen MR) is 120 cm³/mol. The summed E-state index contributed by atoms with van der Waals surface area (Å²) in [5, 5.41) is 5.84. The number of para-hydroxylation sites is 2. The van der Waals surface area contributed by atoms with Crippen LogP contribution in [-0.2, 0) is 4.79 Å². The molecule has 0 aliphatic rings. The SMILES string of the molecule is CCOc1ccccc1NC(=O)c1ccc(C)c(NC(=O)[C@H](C)c2ccccc2)c1. The molecule has 0 saturated heterocycles. The van der Waals surface area contributed by atoms with Gasteiger partial charge in [0.15, 0.2) is 0 Å². The molecule has 1 atom stereocenters. The smallest absolute Gasteiger partial charge is 0.255 e. The van der Waals surface area contributed by atoms with Gasteiger partial charge < -0.3 is 15.4 Å². The average Bonchev–Trinajstić information content (AvgIpc) is 2.76. The summed E-state index contributed by atoms with van der Waals surface area (Å²) in [6, 6.07) is 22.2. The van der Waals surface area contributed by atoms with Crippen LogP contribution in [0.25, 0.3) is 0 Å². The maximum Gasteiger partial charge on any atom is 0.255 e. The number of aryl methyl sites for hydroxylation is 1. The number of ether oxygens (including phenoxy) is 1. The summed E-state index contributed by atoms with van der Waals surface area (Å²) in [6.07, 6.45) is 0. The molecule has 2 amide bonds. The van der Waals surface area contributed by atoms with Crippen LogP contribution in [0.5, 0.6) is 5.75 Å². The Morgan fingerprint density at radius 1 is 0.900 bits per heavy atom. The second kappa shape index (κ2) is 9.74. The molecule has 5 nitrogen and oxygen atoms in total. The highest BCUT2D eigenvalue weighted by Crippen LogP contribution is 2.26. The highest BCUT2D eigenvalue weighted by molar-refractivity contribution is 6.06. The fourth-order valence-electron chi connectivity index (χ4n) is 3.08. The van der Waals surface area contributed by atoms with E-state index in [1.807, 2.05) is 75.4 Å². The molecule has 0 aliphatic heterocycles. The zero-order chi connectivity index (χ0) is 21.5. The van der Waals surface area contributed by atoms with Crippen molar-refractivity contribution >= 4 is 23.2 Å². The van der Waals surface area contributed by atoms with E-state index in [1.165, 1.54) is 0 Å². The van der Waals surface area contributed by atoms with Crippen molar-refractivity contribution in [2.45, 2.75) is 26.7 Å². The maximum absolute atomic E-state index is 12.8. The quantitative estimate of drug-likeness (QED) is 0.557. The van der Waals surface area contributed by atoms with Crippen molar-refractivity contribution in [1.82, 2.24) is 0 Å². The number of anilines is 2. The number of hydrogen-bond donors (Lipinski definition) is 2. The lowest BCUT2D eigenvalue weighted by Crippen LogP contribution is -2.20. The van der Waals surface area contributed by atoms with Crippen LogP contribution < -0.4 is 15.4 Å². The van der Waals surface area contributed by atoms with Gasteiger partial charge in [-0.2, -0.15) is 0 Å². The molecule has 0 fully saturated rings. The molecule has 0 aliphatic carbocycles. The highest BCUT2D eigenvalue weighted by Gasteiger charge is 2.17. The molecule has 0 heterocycles. The maximum atomic E-state index is 12.8. The minimum absolute atomic E-state index is 0.122. The van der Waals surface area contributed by atoms with Crippen LogP contribution in [-0.4, -0.2) is 18.4 Å². The molecule has 154 valence electrons. The van der Waals surface area contributed by atoms with Crippen molar-refractivity contribution in [3.63, 3.8) is 0 Å². The van der Waals surface area contributed by atoms with Gasteiger partial charge >= 0.3 is 0 Å². The first-order valence-electron chi connectivity index (χ1n) is 9.99. The van der Waals surface area contributed by atoms with Crippen LogP contribution in [0.1, 0.15) is 41.3 Å². The molecule has 2 N–H and O–H groups in total. The standard InChI is InChI=1S/C25H26N2O3/c1-4-30-23-13-9-8-12-21(23)26-25(29)20-15-14-17(2)22(16-20)27-24(28)18(3)19-10-6-5-7-11-19/h5-16,18H,4H2,1-3H3,(H,26,29)(H,27,28)/t18-/m1/s1. The molecule has 3 aromatic carbocycles. The predicted octanol–water partition coefficient (Wildman–Crippen LogP) is 5.39. The molecule has 3 rings (SSSR count). The summed E-state index contributed by atoms with van der Waals surface area (Å²) in [7, 11) is 0. The molecule has 3 aromatic rings. The van der Waals surface area contributed by atoms with E-state index in [0.717, 1.165) is 11.1 Å². The number of benzene rings is 3. The second-order valence-corrected chi connectivity index (χ2v) is 7.03. The summed E-state index contributed by atoms with van der Waals surface area (Å²) in [6.45, 7) is 6.16. The number of carbonyl (C=O) groups excluding carboxylic acids is 2. The number of carbonyl (C=O) groups is 2. The van der Waals surface area contributed by atoms with E-state index in [0.29, 0.717) is 29.3 Å². The van der Waals surface area contributed by atoms with Crippen molar-refractivity contribution in [3.05, 3.63) is 89.5 Å². The van der Waals surface area contributed by atoms with E-state index in [4.69, 9.17) is 4.74 Å². The van der Waals surface area contributed by atoms with Crippen LogP contribution in [0.4, 0.5) is 11.4 Å². The van der Waals surface area contributed by atoms with Gasteiger partial charge in [0.05, 0.1) is 18.2 Å². The third-order valence-corrected chi connectivity index (χ3v) is 4.89. The Morgan fingerprint density at radius 3 is 2.33 bits per heavy atom. The van der Waals surface area contributed by atoms with Gasteiger partial charge in [-0.25, -0.2) is 0 Å². The fourth-order valence-corrected chi connectivity index (χ4v) is 3.08. The Balaban J connectivity index is 1.76. The fraction of sp³-hybridized carbons (Fsp3) is 0.200. The monoisotopic (exact) mass is 402 g/mol. The topological polar surface area (TPSA) is 67.4 Å². The van der Waals surface area contributed by atoms with Crippen molar-refractivity contribution in [2.24, 2.45) is 0 Å². The molecule has 0 bridgehead atoms. The van der Waals surface area contributed by atoms with Gasteiger partial charge in [-0.1, -0.05) is 48.5 Å². The van der Waals surface area contributed by atoms with E-state index >= 15 is 0 Å². The molecule has 0 unspecified atom stereocenters.